The summed E-state index contributed by atoms with van der Waals surface area (Å²) in [5, 5.41) is 9.26. The summed E-state index contributed by atoms with van der Waals surface area (Å²) < 4.78 is 0. The summed E-state index contributed by atoms with van der Waals surface area (Å²) in [4.78, 5) is 24.8. The Bertz CT molecular complexity index is 512. The van der Waals surface area contributed by atoms with Gasteiger partial charge in [0.2, 0.25) is 0 Å². The second-order valence-electron chi connectivity index (χ2n) is 5.12. The van der Waals surface area contributed by atoms with Crippen molar-refractivity contribution in [1.82, 2.24) is 20.4 Å². The number of aryl methyl sites for hydroxylation is 1. The maximum atomic E-state index is 12.4. The normalized spacial score (nSPS) is 18.9. The molecule has 110 valence electrons. The van der Waals surface area contributed by atoms with E-state index in [2.05, 4.69) is 15.5 Å². The summed E-state index contributed by atoms with van der Waals surface area (Å²) >= 11 is 0. The van der Waals surface area contributed by atoms with Gasteiger partial charge in [-0.05, 0) is 25.7 Å². The van der Waals surface area contributed by atoms with Crippen LogP contribution in [-0.4, -0.2) is 46.7 Å². The average molecular weight is 280 g/mol. The summed E-state index contributed by atoms with van der Waals surface area (Å²) in [7, 11) is 0. The Hall–Kier alpha value is -2.25. The average Bonchev–Trinajstić information content (AvgIpc) is 2.76. The van der Waals surface area contributed by atoms with Crippen LogP contribution in [0.1, 0.15) is 29.0 Å². The van der Waals surface area contributed by atoms with Crippen LogP contribution in [0.2, 0.25) is 0 Å². The maximum Gasteiger partial charge on any atom is 0.312 e. The van der Waals surface area contributed by atoms with Gasteiger partial charge in [-0.3, -0.25) is 9.89 Å². The van der Waals surface area contributed by atoms with E-state index in [9.17, 15) is 9.59 Å². The molecule has 1 fully saturated rings. The van der Waals surface area contributed by atoms with Crippen LogP contribution in [0.5, 0.6) is 0 Å². The Kier molecular flexibility index (Phi) is 4.11. The number of rotatable bonds is 3. The molecular formula is C12H20N6O2. The van der Waals surface area contributed by atoms with E-state index in [0.29, 0.717) is 31.0 Å². The number of nitrogens with one attached hydrogen (secondary N) is 2. The van der Waals surface area contributed by atoms with E-state index in [1.807, 2.05) is 0 Å². The molecule has 3 amide bonds. The van der Waals surface area contributed by atoms with Crippen molar-refractivity contribution in [3.63, 3.8) is 0 Å². The molecule has 0 saturated carbocycles. The number of amides is 3. The molecule has 1 aromatic rings. The van der Waals surface area contributed by atoms with E-state index in [4.69, 9.17) is 11.5 Å². The number of anilines is 1. The highest BCUT2D eigenvalue weighted by molar-refractivity contribution is 5.97. The molecular weight excluding hydrogens is 260 g/mol. The minimum Gasteiger partial charge on any atom is -0.395 e. The zero-order valence-electron chi connectivity index (χ0n) is 11.5. The maximum absolute atomic E-state index is 12.4. The second kappa shape index (κ2) is 5.81. The number of nitrogen functional groups attached to an aromatic ring is 1. The highest BCUT2D eigenvalue weighted by Gasteiger charge is 2.27. The number of hydrogen-bond acceptors (Lipinski definition) is 4. The number of piperidine rings is 1. The van der Waals surface area contributed by atoms with Crippen molar-refractivity contribution in [2.45, 2.75) is 19.8 Å². The SMILES string of the molecule is Cc1[nH]nc(C(=O)N2CCCC(CNC(N)=O)C2)c1N. The number of aromatic nitrogens is 2. The molecule has 0 aromatic carbocycles. The van der Waals surface area contributed by atoms with Crippen molar-refractivity contribution in [3.05, 3.63) is 11.4 Å². The molecule has 1 atom stereocenters. The van der Waals surface area contributed by atoms with Crippen LogP contribution in [0.25, 0.3) is 0 Å². The van der Waals surface area contributed by atoms with Crippen LogP contribution in [0.3, 0.4) is 0 Å². The predicted molar refractivity (Wildman–Crippen MR) is 74.0 cm³/mol. The zero-order valence-corrected chi connectivity index (χ0v) is 11.5. The van der Waals surface area contributed by atoms with Gasteiger partial charge in [0.15, 0.2) is 5.69 Å². The summed E-state index contributed by atoms with van der Waals surface area (Å²) in [5.74, 6) is 0.0390. The first kappa shape index (κ1) is 14.2. The number of nitrogens with two attached hydrogens (primary N) is 2. The molecule has 1 aliphatic rings. The lowest BCUT2D eigenvalue weighted by Crippen LogP contribution is -2.44. The lowest BCUT2D eigenvalue weighted by atomic mass is 9.97. The van der Waals surface area contributed by atoms with Crippen molar-refractivity contribution in [3.8, 4) is 0 Å². The second-order valence-corrected chi connectivity index (χ2v) is 5.12. The zero-order chi connectivity index (χ0) is 14.7. The standard InChI is InChI=1S/C12H20N6O2/c1-7-9(13)10(17-16-7)11(19)18-4-2-3-8(6-18)5-15-12(14)20/h8H,2-6,13H2,1H3,(H,16,17)(H3,14,15,20). The van der Waals surface area contributed by atoms with E-state index < -0.39 is 6.03 Å². The van der Waals surface area contributed by atoms with Crippen molar-refractivity contribution < 1.29 is 9.59 Å². The van der Waals surface area contributed by atoms with Crippen molar-refractivity contribution in [1.29, 1.82) is 0 Å². The molecule has 0 bridgehead atoms. The van der Waals surface area contributed by atoms with Gasteiger partial charge in [0, 0.05) is 19.6 Å². The van der Waals surface area contributed by atoms with Crippen LogP contribution in [-0.2, 0) is 0 Å². The Balaban J connectivity index is 1.99. The van der Waals surface area contributed by atoms with Gasteiger partial charge in [0.1, 0.15) is 0 Å². The Morgan fingerprint density at radius 2 is 2.30 bits per heavy atom. The summed E-state index contributed by atoms with van der Waals surface area (Å²) in [5.41, 5.74) is 12.2. The first-order chi connectivity index (χ1) is 9.49. The topological polar surface area (TPSA) is 130 Å². The van der Waals surface area contributed by atoms with Gasteiger partial charge in [-0.25, -0.2) is 4.79 Å². The van der Waals surface area contributed by atoms with Crippen LogP contribution in [0.4, 0.5) is 10.5 Å². The van der Waals surface area contributed by atoms with E-state index >= 15 is 0 Å². The van der Waals surface area contributed by atoms with E-state index in [1.54, 1.807) is 11.8 Å². The fraction of sp³-hybridized carbons (Fsp3) is 0.583. The minimum atomic E-state index is -0.541. The number of likely N-dealkylation sites (tertiary alicyclic amines) is 1. The van der Waals surface area contributed by atoms with Gasteiger partial charge >= 0.3 is 6.03 Å². The smallest absolute Gasteiger partial charge is 0.312 e. The Morgan fingerprint density at radius 3 is 2.90 bits per heavy atom. The van der Waals surface area contributed by atoms with Crippen LogP contribution < -0.4 is 16.8 Å². The monoisotopic (exact) mass is 280 g/mol. The molecule has 2 heterocycles. The molecule has 0 radical (unpaired) electrons. The predicted octanol–water partition coefficient (Wildman–Crippen LogP) is -0.179. The van der Waals surface area contributed by atoms with Crippen LogP contribution in [0, 0.1) is 12.8 Å². The number of urea groups is 1. The fourth-order valence-electron chi connectivity index (χ4n) is 2.41. The third-order valence-electron chi connectivity index (χ3n) is 3.57. The van der Waals surface area contributed by atoms with Crippen LogP contribution >= 0.6 is 0 Å². The van der Waals surface area contributed by atoms with Gasteiger partial charge in [-0.15, -0.1) is 0 Å². The van der Waals surface area contributed by atoms with Crippen molar-refractivity contribution >= 4 is 17.6 Å². The molecule has 1 unspecified atom stereocenters. The molecule has 8 heteroatoms. The number of H-pyrrole nitrogens is 1. The number of carbonyl (C=O) groups is 2. The molecule has 20 heavy (non-hydrogen) atoms. The molecule has 0 aliphatic carbocycles. The van der Waals surface area contributed by atoms with E-state index in [-0.39, 0.29) is 17.5 Å². The lowest BCUT2D eigenvalue weighted by molar-refractivity contribution is 0.0670. The fourth-order valence-corrected chi connectivity index (χ4v) is 2.41. The van der Waals surface area contributed by atoms with Gasteiger partial charge < -0.3 is 21.7 Å². The Labute approximate surface area is 116 Å². The summed E-state index contributed by atoms with van der Waals surface area (Å²) in [6.45, 7) is 3.50. The van der Waals surface area contributed by atoms with E-state index in [0.717, 1.165) is 12.8 Å². The first-order valence-corrected chi connectivity index (χ1v) is 6.62. The summed E-state index contributed by atoms with van der Waals surface area (Å²) in [6.07, 6.45) is 1.85. The van der Waals surface area contributed by atoms with Gasteiger partial charge in [-0.2, -0.15) is 5.10 Å². The van der Waals surface area contributed by atoms with Crippen molar-refractivity contribution in [2.24, 2.45) is 11.7 Å². The summed E-state index contributed by atoms with van der Waals surface area (Å²) in [6, 6.07) is -0.541. The van der Waals surface area contributed by atoms with Crippen molar-refractivity contribution in [2.75, 3.05) is 25.4 Å². The number of carbonyl (C=O) groups excluding carboxylic acids is 2. The van der Waals surface area contributed by atoms with Gasteiger partial charge in [0.05, 0.1) is 11.4 Å². The quantitative estimate of drug-likeness (QED) is 0.611. The van der Waals surface area contributed by atoms with E-state index in [1.165, 1.54) is 0 Å². The largest absolute Gasteiger partial charge is 0.395 e. The Morgan fingerprint density at radius 1 is 1.55 bits per heavy atom. The molecule has 1 saturated heterocycles. The van der Waals surface area contributed by atoms with Gasteiger partial charge in [-0.1, -0.05) is 0 Å². The minimum absolute atomic E-state index is 0.171. The van der Waals surface area contributed by atoms with Gasteiger partial charge in [0.25, 0.3) is 5.91 Å². The number of primary amides is 1. The third-order valence-corrected chi connectivity index (χ3v) is 3.57. The molecule has 2 rings (SSSR count). The first-order valence-electron chi connectivity index (χ1n) is 6.62. The molecule has 8 nitrogen and oxygen atoms in total. The molecule has 6 N–H and O–H groups in total. The molecule has 1 aliphatic heterocycles. The number of hydrogen-bond donors (Lipinski definition) is 4. The molecule has 0 spiro atoms. The third kappa shape index (κ3) is 3.01. The molecule has 1 aromatic heterocycles. The highest BCUT2D eigenvalue weighted by atomic mass is 16.2. The number of aromatic amines is 1. The lowest BCUT2D eigenvalue weighted by Gasteiger charge is -2.32. The number of nitrogens with zero attached hydrogens (tertiary/aromatic N) is 2. The highest BCUT2D eigenvalue weighted by Crippen LogP contribution is 2.20. The van der Waals surface area contributed by atoms with Crippen LogP contribution in [0.15, 0.2) is 0 Å².